The van der Waals surface area contributed by atoms with E-state index in [9.17, 15) is 0 Å². The predicted molar refractivity (Wildman–Crippen MR) is 109 cm³/mol. The number of nitrogen functional groups attached to an aromatic ring is 1. The molecule has 6 N–H and O–H groups in total. The minimum absolute atomic E-state index is 0.297. The van der Waals surface area contributed by atoms with E-state index in [0.29, 0.717) is 33.7 Å². The molecular formula is C18H22ClN7. The van der Waals surface area contributed by atoms with Crippen molar-refractivity contribution in [3.8, 4) is 0 Å². The highest BCUT2D eigenvalue weighted by Crippen LogP contribution is 2.29. The van der Waals surface area contributed by atoms with Gasteiger partial charge in [-0.3, -0.25) is 0 Å². The molecule has 0 bridgehead atoms. The molecule has 0 aliphatic rings. The van der Waals surface area contributed by atoms with Crippen LogP contribution >= 0.6 is 11.6 Å². The number of hydrogen-bond acceptors (Lipinski definition) is 6. The molecular weight excluding hydrogens is 350 g/mol. The Hall–Kier alpha value is -2.80. The second-order valence-corrected chi connectivity index (χ2v) is 6.63. The molecule has 0 aliphatic carbocycles. The molecule has 3 rings (SSSR count). The van der Waals surface area contributed by atoms with Crippen LogP contribution in [0.4, 0.5) is 23.1 Å². The Balaban J connectivity index is 1.91. The summed E-state index contributed by atoms with van der Waals surface area (Å²) in [5, 5.41) is 15.5. The fourth-order valence-electron chi connectivity index (χ4n) is 2.61. The van der Waals surface area contributed by atoms with Gasteiger partial charge in [0.05, 0.1) is 16.1 Å². The third-order valence-corrected chi connectivity index (χ3v) is 4.64. The van der Waals surface area contributed by atoms with Gasteiger partial charge in [-0.05, 0) is 18.1 Å². The zero-order valence-electron chi connectivity index (χ0n) is 14.7. The summed E-state index contributed by atoms with van der Waals surface area (Å²) >= 11 is 6.08. The minimum Gasteiger partial charge on any atom is -0.384 e. The molecule has 0 fully saturated rings. The molecule has 1 aromatic carbocycles. The van der Waals surface area contributed by atoms with Gasteiger partial charge in [-0.2, -0.15) is 9.97 Å². The van der Waals surface area contributed by atoms with E-state index in [-0.39, 0.29) is 0 Å². The molecule has 136 valence electrons. The quantitative estimate of drug-likeness (QED) is 0.395. The van der Waals surface area contributed by atoms with Crippen LogP contribution in [0.15, 0.2) is 24.4 Å². The highest BCUT2D eigenvalue weighted by atomic mass is 35.5. The van der Waals surface area contributed by atoms with Gasteiger partial charge in [0.2, 0.25) is 5.95 Å². The SMILES string of the molecule is CCC(C)CNc1cccc(Nc2nc(N)c3c(Cl)c[nH]c3n2)c1C=N. The Morgan fingerprint density at radius 3 is 2.85 bits per heavy atom. The fraction of sp³-hybridized carbons (Fsp3) is 0.278. The predicted octanol–water partition coefficient (Wildman–Crippen LogP) is 4.39. The third kappa shape index (κ3) is 3.57. The molecule has 26 heavy (non-hydrogen) atoms. The zero-order chi connectivity index (χ0) is 18.7. The summed E-state index contributed by atoms with van der Waals surface area (Å²) in [5.41, 5.74) is 8.92. The summed E-state index contributed by atoms with van der Waals surface area (Å²) in [5.74, 6) is 1.19. The Morgan fingerprint density at radius 2 is 2.12 bits per heavy atom. The van der Waals surface area contributed by atoms with Gasteiger partial charge >= 0.3 is 0 Å². The van der Waals surface area contributed by atoms with Gasteiger partial charge in [-0.25, -0.2) is 0 Å². The lowest BCUT2D eigenvalue weighted by Gasteiger charge is -2.16. The van der Waals surface area contributed by atoms with Crippen LogP contribution in [0.1, 0.15) is 25.8 Å². The van der Waals surface area contributed by atoms with Crippen LogP contribution in [0.3, 0.4) is 0 Å². The lowest BCUT2D eigenvalue weighted by atomic mass is 10.1. The first-order valence-corrected chi connectivity index (χ1v) is 8.85. The van der Waals surface area contributed by atoms with Crippen molar-refractivity contribution >= 4 is 52.0 Å². The van der Waals surface area contributed by atoms with Crippen molar-refractivity contribution in [3.63, 3.8) is 0 Å². The summed E-state index contributed by atoms with van der Waals surface area (Å²) in [6, 6.07) is 5.75. The maximum atomic E-state index is 7.80. The van der Waals surface area contributed by atoms with Crippen LogP contribution < -0.4 is 16.4 Å². The number of benzene rings is 1. The maximum Gasteiger partial charge on any atom is 0.231 e. The molecule has 0 aliphatic heterocycles. The number of nitrogens with two attached hydrogens (primary N) is 1. The van der Waals surface area contributed by atoms with Crippen LogP contribution in [0.2, 0.25) is 5.02 Å². The molecule has 1 unspecified atom stereocenters. The Bertz CT molecular complexity index is 935. The van der Waals surface area contributed by atoms with Crippen molar-refractivity contribution < 1.29 is 0 Å². The molecule has 2 heterocycles. The molecule has 8 heteroatoms. The van der Waals surface area contributed by atoms with E-state index in [1.165, 1.54) is 6.21 Å². The zero-order valence-corrected chi connectivity index (χ0v) is 15.5. The van der Waals surface area contributed by atoms with Gasteiger partial charge in [0.15, 0.2) is 0 Å². The van der Waals surface area contributed by atoms with Crippen molar-refractivity contribution in [1.29, 1.82) is 5.41 Å². The number of nitrogens with zero attached hydrogens (tertiary/aromatic N) is 2. The third-order valence-electron chi connectivity index (χ3n) is 4.35. The van der Waals surface area contributed by atoms with Crippen LogP contribution in [-0.2, 0) is 0 Å². The molecule has 7 nitrogen and oxygen atoms in total. The molecule has 0 radical (unpaired) electrons. The van der Waals surface area contributed by atoms with E-state index in [0.717, 1.165) is 29.9 Å². The van der Waals surface area contributed by atoms with E-state index < -0.39 is 0 Å². The highest BCUT2D eigenvalue weighted by Gasteiger charge is 2.13. The summed E-state index contributed by atoms with van der Waals surface area (Å²) in [4.78, 5) is 11.7. The van der Waals surface area contributed by atoms with Crippen LogP contribution in [0.5, 0.6) is 0 Å². The van der Waals surface area contributed by atoms with Gasteiger partial charge in [0.1, 0.15) is 11.5 Å². The Morgan fingerprint density at radius 1 is 1.35 bits per heavy atom. The smallest absolute Gasteiger partial charge is 0.231 e. The first-order chi connectivity index (χ1) is 12.5. The highest BCUT2D eigenvalue weighted by molar-refractivity contribution is 6.36. The molecule has 0 saturated heterocycles. The average Bonchev–Trinajstić information content (AvgIpc) is 3.01. The number of anilines is 4. The van der Waals surface area contributed by atoms with Crippen molar-refractivity contribution in [2.75, 3.05) is 22.9 Å². The number of hydrogen-bond donors (Lipinski definition) is 5. The summed E-state index contributed by atoms with van der Waals surface area (Å²) < 4.78 is 0. The second-order valence-electron chi connectivity index (χ2n) is 6.22. The summed E-state index contributed by atoms with van der Waals surface area (Å²) in [6.07, 6.45) is 4.04. The number of nitrogens with one attached hydrogen (secondary N) is 4. The monoisotopic (exact) mass is 371 g/mol. The van der Waals surface area contributed by atoms with Crippen LogP contribution in [0.25, 0.3) is 11.0 Å². The largest absolute Gasteiger partial charge is 0.384 e. The van der Waals surface area contributed by atoms with Gasteiger partial charge < -0.3 is 26.8 Å². The van der Waals surface area contributed by atoms with Crippen molar-refractivity contribution in [1.82, 2.24) is 15.0 Å². The van der Waals surface area contributed by atoms with E-state index in [1.807, 2.05) is 18.2 Å². The van der Waals surface area contributed by atoms with E-state index in [4.69, 9.17) is 22.7 Å². The number of H-pyrrole nitrogens is 1. The number of aromatic nitrogens is 3. The number of fused-ring (bicyclic) bond motifs is 1. The van der Waals surface area contributed by atoms with E-state index >= 15 is 0 Å². The standard InChI is InChI=1S/C18H22ClN7/c1-3-10(2)8-22-13-5-4-6-14(11(13)7-20)24-18-25-16(21)15-12(19)9-23-17(15)26-18/h4-7,9-10,20,22H,3,8H2,1-2H3,(H4,21,23,24,25,26). The Labute approximate surface area is 156 Å². The number of aromatic amines is 1. The second kappa shape index (κ2) is 7.61. The van der Waals surface area contributed by atoms with Crippen LogP contribution in [0, 0.1) is 11.3 Å². The van der Waals surface area contributed by atoms with Crippen molar-refractivity contribution in [2.24, 2.45) is 5.92 Å². The fourth-order valence-corrected chi connectivity index (χ4v) is 2.85. The van der Waals surface area contributed by atoms with Gasteiger partial charge in [-0.15, -0.1) is 0 Å². The van der Waals surface area contributed by atoms with Crippen LogP contribution in [-0.4, -0.2) is 27.7 Å². The molecule has 3 aromatic rings. The van der Waals surface area contributed by atoms with E-state index in [2.05, 4.69) is 39.4 Å². The maximum absolute atomic E-state index is 7.80. The first-order valence-electron chi connectivity index (χ1n) is 8.48. The van der Waals surface area contributed by atoms with Gasteiger partial charge in [-0.1, -0.05) is 37.9 Å². The topological polar surface area (TPSA) is 116 Å². The number of rotatable bonds is 7. The first kappa shape index (κ1) is 18.0. The van der Waals surface area contributed by atoms with Crippen molar-refractivity contribution in [3.05, 3.63) is 35.0 Å². The average molecular weight is 372 g/mol. The normalized spacial score (nSPS) is 12.1. The molecule has 1 atom stereocenters. The summed E-state index contributed by atoms with van der Waals surface area (Å²) in [6.45, 7) is 5.19. The molecule has 0 saturated carbocycles. The number of halogens is 1. The van der Waals surface area contributed by atoms with Gasteiger partial charge in [0, 0.05) is 30.2 Å². The lowest BCUT2D eigenvalue weighted by molar-refractivity contribution is 0.593. The van der Waals surface area contributed by atoms with Crippen molar-refractivity contribution in [2.45, 2.75) is 20.3 Å². The lowest BCUT2D eigenvalue weighted by Crippen LogP contribution is -2.12. The molecule has 0 amide bonds. The molecule has 0 spiro atoms. The summed E-state index contributed by atoms with van der Waals surface area (Å²) in [7, 11) is 0. The Kier molecular flexibility index (Phi) is 5.27. The molecule has 2 aromatic heterocycles. The van der Waals surface area contributed by atoms with E-state index in [1.54, 1.807) is 6.20 Å². The van der Waals surface area contributed by atoms with Gasteiger partial charge in [0.25, 0.3) is 0 Å². The minimum atomic E-state index is 0.297.